The van der Waals surface area contributed by atoms with Crippen LogP contribution in [0.1, 0.15) is 6.42 Å². The van der Waals surface area contributed by atoms with Crippen LogP contribution >= 0.6 is 11.8 Å². The van der Waals surface area contributed by atoms with Crippen LogP contribution in [0.4, 0.5) is 0 Å². The van der Waals surface area contributed by atoms with Gasteiger partial charge in [0.05, 0.1) is 0 Å². The number of nitrogens with two attached hydrogens (primary N) is 1. The van der Waals surface area contributed by atoms with Crippen molar-refractivity contribution in [3.8, 4) is 0 Å². The third-order valence-electron chi connectivity index (χ3n) is 1.93. The second-order valence-electron chi connectivity index (χ2n) is 3.36. The predicted molar refractivity (Wildman–Crippen MR) is 67.7 cm³/mol. The normalized spacial score (nSPS) is 11.9. The molecule has 3 N–H and O–H groups in total. The number of hydrogen-bond donors (Lipinski definition) is 2. The lowest BCUT2D eigenvalue weighted by molar-refractivity contribution is -0.757. The molecule has 0 radical (unpaired) electrons. The molecule has 0 saturated carbocycles. The lowest BCUT2D eigenvalue weighted by atomic mass is 10.2. The van der Waals surface area contributed by atoms with E-state index in [1.807, 2.05) is 6.26 Å². The highest BCUT2D eigenvalue weighted by atomic mass is 32.2. The van der Waals surface area contributed by atoms with Gasteiger partial charge in [0.15, 0.2) is 0 Å². The summed E-state index contributed by atoms with van der Waals surface area (Å²) < 4.78 is 4.92. The summed E-state index contributed by atoms with van der Waals surface area (Å²) in [4.78, 5) is 25.2. The molecule has 0 aliphatic heterocycles. The zero-order valence-electron chi connectivity index (χ0n) is 10.3. The quantitative estimate of drug-likeness (QED) is 0.223. The molecule has 18 heavy (non-hydrogen) atoms. The van der Waals surface area contributed by atoms with Gasteiger partial charge in [0, 0.05) is 13.1 Å². The van der Waals surface area contributed by atoms with Gasteiger partial charge in [0.2, 0.25) is 0 Å². The number of nitrogens with zero attached hydrogens (tertiary/aromatic N) is 1. The van der Waals surface area contributed by atoms with Gasteiger partial charge in [-0.3, -0.25) is 4.79 Å². The number of thioether (sulfide) groups is 1. The molecular weight excluding hydrogens is 262 g/mol. The van der Waals surface area contributed by atoms with E-state index in [1.54, 1.807) is 11.8 Å². The number of hydrogen-bond acceptors (Lipinski definition) is 8. The molecule has 0 saturated heterocycles. The van der Waals surface area contributed by atoms with E-state index in [9.17, 15) is 14.9 Å². The van der Waals surface area contributed by atoms with Crippen molar-refractivity contribution in [2.24, 2.45) is 5.73 Å². The van der Waals surface area contributed by atoms with Crippen LogP contribution in [-0.2, 0) is 14.4 Å². The summed E-state index contributed by atoms with van der Waals surface area (Å²) in [5.74, 6) is 0.389. The lowest BCUT2D eigenvalue weighted by Gasteiger charge is -2.11. The maximum atomic E-state index is 11.3. The van der Waals surface area contributed by atoms with Crippen molar-refractivity contribution in [1.29, 1.82) is 0 Å². The molecule has 1 unspecified atom stereocenters. The van der Waals surface area contributed by atoms with Crippen molar-refractivity contribution in [2.75, 3.05) is 38.3 Å². The van der Waals surface area contributed by atoms with E-state index in [1.165, 1.54) is 0 Å². The van der Waals surface area contributed by atoms with Gasteiger partial charge >= 0.3 is 5.97 Å². The highest BCUT2D eigenvalue weighted by Gasteiger charge is 2.13. The van der Waals surface area contributed by atoms with Crippen LogP contribution in [0, 0.1) is 10.1 Å². The molecule has 0 spiro atoms. The second-order valence-corrected chi connectivity index (χ2v) is 4.35. The standard InChI is InChI=1S/C9H19N3O5S/c1-18-7-2-8(10)9(13)16-5-3-11-4-6-17-12(14)15/h8,11H,2-7,10H2,1H3. The molecule has 0 bridgehead atoms. The zero-order valence-corrected chi connectivity index (χ0v) is 11.1. The van der Waals surface area contributed by atoms with E-state index >= 15 is 0 Å². The maximum absolute atomic E-state index is 11.3. The first kappa shape index (κ1) is 16.9. The van der Waals surface area contributed by atoms with E-state index in [2.05, 4.69) is 10.2 Å². The first-order valence-corrected chi connectivity index (χ1v) is 6.86. The Kier molecular flexibility index (Phi) is 10.4. The third kappa shape index (κ3) is 10.1. The van der Waals surface area contributed by atoms with E-state index in [4.69, 9.17) is 10.5 Å². The first-order chi connectivity index (χ1) is 8.57. The smallest absolute Gasteiger partial charge is 0.322 e. The summed E-state index contributed by atoms with van der Waals surface area (Å²) in [6.45, 7) is 0.873. The van der Waals surface area contributed by atoms with Crippen molar-refractivity contribution in [3.05, 3.63) is 10.1 Å². The Bertz CT molecular complexity index is 254. The summed E-state index contributed by atoms with van der Waals surface area (Å²) in [7, 11) is 0. The highest BCUT2D eigenvalue weighted by molar-refractivity contribution is 7.98. The van der Waals surface area contributed by atoms with Gasteiger partial charge in [-0.2, -0.15) is 11.8 Å². The molecule has 106 valence electrons. The van der Waals surface area contributed by atoms with Crippen molar-refractivity contribution in [1.82, 2.24) is 5.32 Å². The van der Waals surface area contributed by atoms with Gasteiger partial charge in [0.25, 0.3) is 5.09 Å². The molecule has 0 aliphatic carbocycles. The van der Waals surface area contributed by atoms with Gasteiger partial charge < -0.3 is 20.6 Å². The SMILES string of the molecule is CSCCC(N)C(=O)OCCNCCO[N+](=O)[O-]. The summed E-state index contributed by atoms with van der Waals surface area (Å²) in [5, 5.41) is 11.8. The van der Waals surface area contributed by atoms with Gasteiger partial charge in [-0.25, -0.2) is 0 Å². The lowest BCUT2D eigenvalue weighted by Crippen LogP contribution is -2.34. The fourth-order valence-electron chi connectivity index (χ4n) is 1.01. The molecule has 0 aromatic heterocycles. The predicted octanol–water partition coefficient (Wildman–Crippen LogP) is -0.592. The second kappa shape index (κ2) is 11.1. The minimum Gasteiger partial charge on any atom is -0.463 e. The molecule has 1 atom stereocenters. The Labute approximate surface area is 110 Å². The number of ether oxygens (including phenoxy) is 1. The molecule has 0 aromatic carbocycles. The first-order valence-electron chi connectivity index (χ1n) is 5.47. The number of carbonyl (C=O) groups excluding carboxylic acids is 1. The van der Waals surface area contributed by atoms with Gasteiger partial charge in [0.1, 0.15) is 19.3 Å². The molecule has 0 aliphatic rings. The van der Waals surface area contributed by atoms with Crippen LogP contribution in [-0.4, -0.2) is 55.4 Å². The van der Waals surface area contributed by atoms with Crippen LogP contribution in [0.25, 0.3) is 0 Å². The minimum atomic E-state index is -0.855. The molecule has 0 amide bonds. The number of nitrogens with one attached hydrogen (secondary N) is 1. The van der Waals surface area contributed by atoms with Crippen LogP contribution in [0.3, 0.4) is 0 Å². The van der Waals surface area contributed by atoms with Crippen LogP contribution in [0.15, 0.2) is 0 Å². The average molecular weight is 281 g/mol. The fraction of sp³-hybridized carbons (Fsp3) is 0.889. The number of esters is 1. The molecule has 8 nitrogen and oxygen atoms in total. The Morgan fingerprint density at radius 3 is 2.78 bits per heavy atom. The topological polar surface area (TPSA) is 117 Å². The zero-order chi connectivity index (χ0) is 13.8. The molecule has 0 fully saturated rings. The third-order valence-corrected chi connectivity index (χ3v) is 2.58. The average Bonchev–Trinajstić information content (AvgIpc) is 2.34. The number of carbonyl (C=O) groups is 1. The summed E-state index contributed by atoms with van der Waals surface area (Å²) >= 11 is 1.62. The van der Waals surface area contributed by atoms with Crippen molar-refractivity contribution in [2.45, 2.75) is 12.5 Å². The van der Waals surface area contributed by atoms with Crippen molar-refractivity contribution in [3.63, 3.8) is 0 Å². The summed E-state index contributed by atoms with van der Waals surface area (Å²) in [6.07, 6.45) is 2.53. The van der Waals surface area contributed by atoms with Crippen LogP contribution in [0.2, 0.25) is 0 Å². The van der Waals surface area contributed by atoms with E-state index in [0.717, 1.165) is 5.75 Å². The minimum absolute atomic E-state index is 0.0335. The summed E-state index contributed by atoms with van der Waals surface area (Å²) in [6, 6.07) is -0.588. The molecular formula is C9H19N3O5S. The van der Waals surface area contributed by atoms with Gasteiger partial charge in [-0.15, -0.1) is 10.1 Å². The monoisotopic (exact) mass is 281 g/mol. The Morgan fingerprint density at radius 2 is 2.17 bits per heavy atom. The Morgan fingerprint density at radius 1 is 1.50 bits per heavy atom. The largest absolute Gasteiger partial charge is 0.463 e. The summed E-state index contributed by atoms with van der Waals surface area (Å²) in [5.41, 5.74) is 5.60. The van der Waals surface area contributed by atoms with Gasteiger partial charge in [-0.1, -0.05) is 0 Å². The number of rotatable bonds is 11. The van der Waals surface area contributed by atoms with Crippen molar-refractivity contribution >= 4 is 17.7 Å². The van der Waals surface area contributed by atoms with Gasteiger partial charge in [-0.05, 0) is 18.4 Å². The molecule has 0 heterocycles. The highest BCUT2D eigenvalue weighted by Crippen LogP contribution is 1.99. The Hall–Kier alpha value is -1.06. The fourth-order valence-corrected chi connectivity index (χ4v) is 1.50. The molecule has 0 aromatic rings. The van der Waals surface area contributed by atoms with Crippen molar-refractivity contribution < 1.29 is 19.5 Å². The Balaban J connectivity index is 3.37. The molecule has 9 heteroatoms. The molecule has 0 rings (SSSR count). The van der Waals surface area contributed by atoms with Crippen LogP contribution < -0.4 is 11.1 Å². The van der Waals surface area contributed by atoms with Crippen LogP contribution in [0.5, 0.6) is 0 Å². The van der Waals surface area contributed by atoms with E-state index in [-0.39, 0.29) is 13.2 Å². The van der Waals surface area contributed by atoms with E-state index < -0.39 is 17.1 Å². The maximum Gasteiger partial charge on any atom is 0.322 e. The van der Waals surface area contributed by atoms with E-state index in [0.29, 0.717) is 19.5 Å².